The summed E-state index contributed by atoms with van der Waals surface area (Å²) >= 11 is 1.30. The van der Waals surface area contributed by atoms with Crippen molar-refractivity contribution in [2.75, 3.05) is 20.0 Å². The fraction of sp³-hybridized carbons (Fsp3) is 0.567. The number of carbonyl (C=O) groups excluding carboxylic acids is 2. The molecule has 9 nitrogen and oxygen atoms in total. The Morgan fingerprint density at radius 3 is 2.29 bits per heavy atom. The van der Waals surface area contributed by atoms with Gasteiger partial charge in [0.2, 0.25) is 0 Å². The SMILES string of the molecule is COc1cc(C(=O)N2[C@@H](c3nccs3)C(COS(C)(=O)=O)=C[C@@]2(CC(C)C)C(=O)OC(C)(C)C)ccc1C(C)(C)C. The molecule has 2 heterocycles. The molecule has 1 aromatic heterocycles. The molecule has 226 valence electrons. The van der Waals surface area contributed by atoms with Crippen LogP contribution in [0.1, 0.15) is 88.8 Å². The van der Waals surface area contributed by atoms with Gasteiger partial charge in [0.1, 0.15) is 22.4 Å². The maximum absolute atomic E-state index is 14.6. The molecule has 0 N–H and O–H groups in total. The number of ether oxygens (including phenoxy) is 2. The third-order valence-electron chi connectivity index (χ3n) is 6.54. The number of thiazole rings is 1. The lowest BCUT2D eigenvalue weighted by Gasteiger charge is -2.41. The topological polar surface area (TPSA) is 112 Å². The van der Waals surface area contributed by atoms with Crippen LogP contribution in [0.5, 0.6) is 5.75 Å². The standard InChI is InChI=1S/C30H42N2O7S2/c1-19(2)16-30(27(34)39-29(6,7)8)17-21(18-38-41(10,35)36)24(25-31-13-14-40-25)32(30)26(33)20-11-12-22(28(3,4)5)23(15-20)37-9/h11-15,17,19,24H,16,18H2,1-10H3/t24-,30+/m1/s1. The van der Waals surface area contributed by atoms with Crippen LogP contribution in [0, 0.1) is 5.92 Å². The highest BCUT2D eigenvalue weighted by Crippen LogP contribution is 2.48. The minimum absolute atomic E-state index is 0.0426. The quantitative estimate of drug-likeness (QED) is 0.204. The Morgan fingerprint density at radius 2 is 1.80 bits per heavy atom. The Labute approximate surface area is 248 Å². The number of nitrogens with zero attached hydrogens (tertiary/aromatic N) is 2. The van der Waals surface area contributed by atoms with Gasteiger partial charge in [-0.2, -0.15) is 8.42 Å². The first kappa shape index (κ1) is 32.8. The summed E-state index contributed by atoms with van der Waals surface area (Å²) in [6.45, 7) is 15.0. The molecule has 0 fully saturated rings. The highest BCUT2D eigenvalue weighted by atomic mass is 32.2. The molecule has 0 saturated heterocycles. The molecule has 1 aliphatic heterocycles. The van der Waals surface area contributed by atoms with Crippen molar-refractivity contribution >= 4 is 33.3 Å². The van der Waals surface area contributed by atoms with Gasteiger partial charge in [-0.25, -0.2) is 9.78 Å². The highest BCUT2D eigenvalue weighted by molar-refractivity contribution is 7.86. The number of amides is 1. The van der Waals surface area contributed by atoms with E-state index in [9.17, 15) is 18.0 Å². The second-order valence-corrected chi connectivity index (χ2v) is 15.4. The zero-order valence-electron chi connectivity index (χ0n) is 25.6. The van der Waals surface area contributed by atoms with Crippen LogP contribution in [0.15, 0.2) is 41.4 Å². The largest absolute Gasteiger partial charge is 0.496 e. The average molecular weight is 607 g/mol. The zero-order chi connectivity index (χ0) is 31.0. The number of rotatable bonds is 9. The Morgan fingerprint density at radius 1 is 1.15 bits per heavy atom. The monoisotopic (exact) mass is 606 g/mol. The molecule has 0 unspecified atom stereocenters. The molecule has 2 aromatic rings. The molecule has 0 saturated carbocycles. The second-order valence-electron chi connectivity index (χ2n) is 12.8. The van der Waals surface area contributed by atoms with Crippen molar-refractivity contribution in [1.82, 2.24) is 9.88 Å². The predicted octanol–water partition coefficient (Wildman–Crippen LogP) is 5.68. The summed E-state index contributed by atoms with van der Waals surface area (Å²) in [7, 11) is -2.27. The van der Waals surface area contributed by atoms with E-state index in [1.807, 2.05) is 19.9 Å². The molecule has 1 aromatic carbocycles. The normalized spacial score (nSPS) is 19.8. The van der Waals surface area contributed by atoms with Crippen LogP contribution in [0.3, 0.4) is 0 Å². The van der Waals surface area contributed by atoms with Crippen molar-refractivity contribution in [2.24, 2.45) is 5.92 Å². The molecular formula is C30H42N2O7S2. The molecular weight excluding hydrogens is 564 g/mol. The Bertz CT molecular complexity index is 1400. The van der Waals surface area contributed by atoms with Crippen molar-refractivity contribution in [3.05, 3.63) is 57.6 Å². The number of aromatic nitrogens is 1. The summed E-state index contributed by atoms with van der Waals surface area (Å²) in [4.78, 5) is 34.8. The van der Waals surface area contributed by atoms with Crippen LogP contribution < -0.4 is 4.74 Å². The van der Waals surface area contributed by atoms with E-state index in [1.54, 1.807) is 57.7 Å². The van der Waals surface area contributed by atoms with E-state index < -0.39 is 39.2 Å². The van der Waals surface area contributed by atoms with E-state index in [1.165, 1.54) is 16.2 Å². The number of methoxy groups -OCH3 is 1. The van der Waals surface area contributed by atoms with Crippen LogP contribution >= 0.6 is 11.3 Å². The molecule has 1 aliphatic rings. The highest BCUT2D eigenvalue weighted by Gasteiger charge is 2.56. The summed E-state index contributed by atoms with van der Waals surface area (Å²) in [5.74, 6) is -0.546. The van der Waals surface area contributed by atoms with E-state index >= 15 is 0 Å². The van der Waals surface area contributed by atoms with Gasteiger partial charge in [0.25, 0.3) is 16.0 Å². The molecule has 0 spiro atoms. The van der Waals surface area contributed by atoms with Gasteiger partial charge >= 0.3 is 5.97 Å². The summed E-state index contributed by atoms with van der Waals surface area (Å²) in [5, 5.41) is 2.29. The summed E-state index contributed by atoms with van der Waals surface area (Å²) in [6.07, 6.45) is 4.45. The number of hydrogen-bond donors (Lipinski definition) is 0. The van der Waals surface area contributed by atoms with Crippen LogP contribution in [0.25, 0.3) is 0 Å². The summed E-state index contributed by atoms with van der Waals surface area (Å²) in [6, 6.07) is 4.41. The van der Waals surface area contributed by atoms with E-state index in [4.69, 9.17) is 13.7 Å². The number of esters is 1. The van der Waals surface area contributed by atoms with Gasteiger partial charge in [-0.3, -0.25) is 8.98 Å². The smallest absolute Gasteiger partial charge is 0.336 e. The summed E-state index contributed by atoms with van der Waals surface area (Å²) < 4.78 is 40.9. The molecule has 0 radical (unpaired) electrons. The van der Waals surface area contributed by atoms with Crippen molar-refractivity contribution in [3.8, 4) is 5.75 Å². The fourth-order valence-electron chi connectivity index (χ4n) is 5.05. The van der Waals surface area contributed by atoms with Gasteiger partial charge in [0.15, 0.2) is 5.54 Å². The van der Waals surface area contributed by atoms with Gasteiger partial charge < -0.3 is 14.4 Å². The maximum atomic E-state index is 14.6. The molecule has 2 atom stereocenters. The van der Waals surface area contributed by atoms with Gasteiger partial charge in [0.05, 0.1) is 20.0 Å². The Kier molecular flexibility index (Phi) is 9.47. The van der Waals surface area contributed by atoms with Gasteiger partial charge in [-0.05, 0) is 67.9 Å². The molecule has 0 bridgehead atoms. The van der Waals surface area contributed by atoms with Crippen LogP contribution in [-0.2, 0) is 29.2 Å². The van der Waals surface area contributed by atoms with E-state index in [2.05, 4.69) is 25.8 Å². The third kappa shape index (κ3) is 7.55. The van der Waals surface area contributed by atoms with E-state index in [0.717, 1.165) is 11.8 Å². The molecule has 3 rings (SSSR count). The summed E-state index contributed by atoms with van der Waals surface area (Å²) in [5.41, 5.74) is -0.962. The van der Waals surface area contributed by atoms with E-state index in [-0.39, 0.29) is 24.4 Å². The minimum atomic E-state index is -3.82. The number of hydrogen-bond acceptors (Lipinski definition) is 9. The van der Waals surface area contributed by atoms with Crippen molar-refractivity contribution in [2.45, 2.75) is 84.4 Å². The lowest BCUT2D eigenvalue weighted by Crippen LogP contribution is -2.56. The second kappa shape index (κ2) is 11.9. The minimum Gasteiger partial charge on any atom is -0.496 e. The molecule has 41 heavy (non-hydrogen) atoms. The van der Waals surface area contributed by atoms with Gasteiger partial charge in [-0.15, -0.1) is 11.3 Å². The first-order valence-electron chi connectivity index (χ1n) is 13.5. The third-order valence-corrected chi connectivity index (χ3v) is 7.91. The average Bonchev–Trinajstić information content (AvgIpc) is 3.46. The first-order valence-corrected chi connectivity index (χ1v) is 16.2. The zero-order valence-corrected chi connectivity index (χ0v) is 27.2. The first-order chi connectivity index (χ1) is 18.8. The Balaban J connectivity index is 2.31. The van der Waals surface area contributed by atoms with Crippen molar-refractivity contribution in [3.63, 3.8) is 0 Å². The number of benzene rings is 1. The van der Waals surface area contributed by atoms with E-state index in [0.29, 0.717) is 21.9 Å². The van der Waals surface area contributed by atoms with Gasteiger partial charge in [-0.1, -0.05) is 40.7 Å². The Hall–Kier alpha value is -2.76. The van der Waals surface area contributed by atoms with Crippen LogP contribution in [0.2, 0.25) is 0 Å². The fourth-order valence-corrected chi connectivity index (χ4v) is 6.17. The van der Waals surface area contributed by atoms with Crippen molar-refractivity contribution < 1.29 is 31.7 Å². The lowest BCUT2D eigenvalue weighted by atomic mass is 9.85. The molecule has 11 heteroatoms. The van der Waals surface area contributed by atoms with Crippen LogP contribution in [-0.4, -0.2) is 61.3 Å². The molecule has 0 aliphatic carbocycles. The maximum Gasteiger partial charge on any atom is 0.336 e. The number of carbonyl (C=O) groups is 2. The molecule has 1 amide bonds. The van der Waals surface area contributed by atoms with Crippen LogP contribution in [0.4, 0.5) is 0 Å². The lowest BCUT2D eigenvalue weighted by molar-refractivity contribution is -0.166. The predicted molar refractivity (Wildman–Crippen MR) is 160 cm³/mol. The van der Waals surface area contributed by atoms with Crippen molar-refractivity contribution in [1.29, 1.82) is 0 Å². The van der Waals surface area contributed by atoms with Gasteiger partial charge in [0, 0.05) is 17.1 Å².